The molecule has 0 aliphatic rings. The molecule has 2 heterocycles. The molecule has 102 valence electrons. The van der Waals surface area contributed by atoms with E-state index in [1.165, 1.54) is 0 Å². The van der Waals surface area contributed by atoms with Gasteiger partial charge in [-0.2, -0.15) is 0 Å². The topological polar surface area (TPSA) is 63.8 Å². The minimum Gasteiger partial charge on any atom is -0.419 e. The van der Waals surface area contributed by atoms with Gasteiger partial charge in [-0.05, 0) is 32.9 Å². The molecule has 2 aromatic heterocycles. The van der Waals surface area contributed by atoms with Gasteiger partial charge in [0.05, 0.1) is 5.02 Å². The fourth-order valence-electron chi connectivity index (χ4n) is 1.50. The lowest BCUT2D eigenvalue weighted by Crippen LogP contribution is -2.37. The van der Waals surface area contributed by atoms with Gasteiger partial charge in [0.15, 0.2) is 0 Å². The number of pyridine rings is 1. The Morgan fingerprint density at radius 1 is 1.26 bits per heavy atom. The van der Waals surface area contributed by atoms with Crippen LogP contribution in [-0.2, 0) is 6.42 Å². The SMILES string of the molecule is CC(C)(C)NCCc1nnc(-c2ccc(Cl)cn2)o1. The van der Waals surface area contributed by atoms with Gasteiger partial charge in [-0.3, -0.25) is 0 Å². The van der Waals surface area contributed by atoms with Crippen LogP contribution in [0.2, 0.25) is 5.02 Å². The van der Waals surface area contributed by atoms with E-state index >= 15 is 0 Å². The van der Waals surface area contributed by atoms with E-state index in [-0.39, 0.29) is 5.54 Å². The molecule has 1 N–H and O–H groups in total. The number of nitrogens with one attached hydrogen (secondary N) is 1. The van der Waals surface area contributed by atoms with Gasteiger partial charge in [0.2, 0.25) is 5.89 Å². The van der Waals surface area contributed by atoms with Crippen LogP contribution in [0.25, 0.3) is 11.6 Å². The quantitative estimate of drug-likeness (QED) is 0.933. The highest BCUT2D eigenvalue weighted by Crippen LogP contribution is 2.17. The van der Waals surface area contributed by atoms with Crippen molar-refractivity contribution < 1.29 is 4.42 Å². The summed E-state index contributed by atoms with van der Waals surface area (Å²) in [6, 6.07) is 3.50. The summed E-state index contributed by atoms with van der Waals surface area (Å²) in [5, 5.41) is 11.9. The molecule has 5 nitrogen and oxygen atoms in total. The van der Waals surface area contributed by atoms with Crippen molar-refractivity contribution in [2.24, 2.45) is 0 Å². The van der Waals surface area contributed by atoms with Crippen molar-refractivity contribution in [3.8, 4) is 11.6 Å². The van der Waals surface area contributed by atoms with Crippen LogP contribution in [0.4, 0.5) is 0 Å². The summed E-state index contributed by atoms with van der Waals surface area (Å²) in [7, 11) is 0. The third-order valence-corrected chi connectivity index (χ3v) is 2.63. The van der Waals surface area contributed by atoms with Gasteiger partial charge < -0.3 is 9.73 Å². The molecule has 0 saturated carbocycles. The standard InChI is InChI=1S/C13H17ClN4O/c1-13(2,3)16-7-6-11-17-18-12(19-11)10-5-4-9(14)8-15-10/h4-5,8,16H,6-7H2,1-3H3. The summed E-state index contributed by atoms with van der Waals surface area (Å²) in [4.78, 5) is 4.14. The third-order valence-electron chi connectivity index (χ3n) is 2.41. The van der Waals surface area contributed by atoms with Crippen LogP contribution in [-0.4, -0.2) is 27.3 Å². The van der Waals surface area contributed by atoms with Crippen molar-refractivity contribution in [3.63, 3.8) is 0 Å². The smallest absolute Gasteiger partial charge is 0.266 e. The zero-order valence-corrected chi connectivity index (χ0v) is 12.0. The Balaban J connectivity index is 1.97. The minimum absolute atomic E-state index is 0.0839. The van der Waals surface area contributed by atoms with Crippen LogP contribution in [0.15, 0.2) is 22.7 Å². The molecular weight excluding hydrogens is 264 g/mol. The highest BCUT2D eigenvalue weighted by molar-refractivity contribution is 6.30. The van der Waals surface area contributed by atoms with Gasteiger partial charge in [-0.15, -0.1) is 10.2 Å². The van der Waals surface area contributed by atoms with Crippen LogP contribution in [0.5, 0.6) is 0 Å². The first-order valence-electron chi connectivity index (χ1n) is 6.13. The van der Waals surface area contributed by atoms with E-state index in [9.17, 15) is 0 Å². The lowest BCUT2D eigenvalue weighted by molar-refractivity contribution is 0.411. The number of hydrogen-bond donors (Lipinski definition) is 1. The Bertz CT molecular complexity index is 530. The predicted molar refractivity (Wildman–Crippen MR) is 74.0 cm³/mol. The molecule has 0 fully saturated rings. The summed E-state index contributed by atoms with van der Waals surface area (Å²) in [6.45, 7) is 7.14. The molecule has 6 heteroatoms. The molecular formula is C13H17ClN4O. The van der Waals surface area contributed by atoms with Gasteiger partial charge in [0, 0.05) is 24.7 Å². The normalized spacial score (nSPS) is 11.8. The van der Waals surface area contributed by atoms with Gasteiger partial charge in [0.25, 0.3) is 5.89 Å². The first-order chi connectivity index (χ1) is 8.94. The first-order valence-corrected chi connectivity index (χ1v) is 6.51. The number of nitrogens with zero attached hydrogens (tertiary/aromatic N) is 3. The monoisotopic (exact) mass is 280 g/mol. The van der Waals surface area contributed by atoms with Gasteiger partial charge in [-0.1, -0.05) is 11.6 Å². The van der Waals surface area contributed by atoms with Crippen molar-refractivity contribution in [2.75, 3.05) is 6.54 Å². The van der Waals surface area contributed by atoms with Crippen LogP contribution in [0, 0.1) is 0 Å². The number of hydrogen-bond acceptors (Lipinski definition) is 5. The molecule has 0 atom stereocenters. The number of rotatable bonds is 4. The Labute approximate surface area is 117 Å². The minimum atomic E-state index is 0.0839. The van der Waals surface area contributed by atoms with Crippen molar-refractivity contribution >= 4 is 11.6 Å². The van der Waals surface area contributed by atoms with E-state index < -0.39 is 0 Å². The molecule has 0 aromatic carbocycles. The molecule has 2 aromatic rings. The van der Waals surface area contributed by atoms with E-state index in [0.717, 1.165) is 6.54 Å². The fraction of sp³-hybridized carbons (Fsp3) is 0.462. The van der Waals surface area contributed by atoms with Crippen LogP contribution in [0.3, 0.4) is 0 Å². The Morgan fingerprint density at radius 2 is 2.05 bits per heavy atom. The second-order valence-electron chi connectivity index (χ2n) is 5.29. The zero-order chi connectivity index (χ0) is 13.9. The third kappa shape index (κ3) is 4.29. The lowest BCUT2D eigenvalue weighted by atomic mass is 10.1. The zero-order valence-electron chi connectivity index (χ0n) is 11.3. The van der Waals surface area contributed by atoms with Gasteiger partial charge >= 0.3 is 0 Å². The Hall–Kier alpha value is -1.46. The van der Waals surface area contributed by atoms with E-state index in [4.69, 9.17) is 16.0 Å². The summed E-state index contributed by atoms with van der Waals surface area (Å²) in [5.74, 6) is 1.02. The highest BCUT2D eigenvalue weighted by Gasteiger charge is 2.12. The summed E-state index contributed by atoms with van der Waals surface area (Å²) in [5.41, 5.74) is 0.715. The molecule has 0 aliphatic heterocycles. The largest absolute Gasteiger partial charge is 0.419 e. The van der Waals surface area contributed by atoms with E-state index in [1.807, 2.05) is 0 Å². The average Bonchev–Trinajstić information content (AvgIpc) is 2.77. The maximum absolute atomic E-state index is 5.78. The van der Waals surface area contributed by atoms with E-state index in [0.29, 0.717) is 28.9 Å². The molecule has 0 saturated heterocycles. The van der Waals surface area contributed by atoms with E-state index in [1.54, 1.807) is 18.3 Å². The van der Waals surface area contributed by atoms with Crippen molar-refractivity contribution in [1.29, 1.82) is 0 Å². The Morgan fingerprint density at radius 3 is 2.68 bits per heavy atom. The molecule has 0 spiro atoms. The molecule has 19 heavy (non-hydrogen) atoms. The second kappa shape index (κ2) is 5.67. The molecule has 0 aliphatic carbocycles. The summed E-state index contributed by atoms with van der Waals surface area (Å²) < 4.78 is 5.56. The molecule has 0 radical (unpaired) electrons. The molecule has 0 amide bonds. The van der Waals surface area contributed by atoms with Gasteiger partial charge in [0.1, 0.15) is 5.69 Å². The van der Waals surface area contributed by atoms with Crippen molar-refractivity contribution in [1.82, 2.24) is 20.5 Å². The maximum atomic E-state index is 5.78. The number of aromatic nitrogens is 3. The molecule has 0 unspecified atom stereocenters. The summed E-state index contributed by atoms with van der Waals surface area (Å²) in [6.07, 6.45) is 2.25. The van der Waals surface area contributed by atoms with Crippen molar-refractivity contribution in [3.05, 3.63) is 29.2 Å². The maximum Gasteiger partial charge on any atom is 0.266 e. The molecule has 2 rings (SSSR count). The van der Waals surface area contributed by atoms with Crippen LogP contribution in [0.1, 0.15) is 26.7 Å². The second-order valence-corrected chi connectivity index (χ2v) is 5.73. The predicted octanol–water partition coefficient (Wildman–Crippen LogP) is 2.72. The van der Waals surface area contributed by atoms with Gasteiger partial charge in [-0.25, -0.2) is 4.98 Å². The average molecular weight is 281 g/mol. The first kappa shape index (κ1) is 14.0. The van der Waals surface area contributed by atoms with E-state index in [2.05, 4.69) is 41.3 Å². The fourth-order valence-corrected chi connectivity index (χ4v) is 1.62. The summed E-state index contributed by atoms with van der Waals surface area (Å²) >= 11 is 5.78. The highest BCUT2D eigenvalue weighted by atomic mass is 35.5. The number of halogens is 1. The molecule has 0 bridgehead atoms. The Kier molecular flexibility index (Phi) is 4.17. The van der Waals surface area contributed by atoms with Crippen LogP contribution < -0.4 is 5.32 Å². The van der Waals surface area contributed by atoms with Crippen molar-refractivity contribution in [2.45, 2.75) is 32.7 Å². The lowest BCUT2D eigenvalue weighted by Gasteiger charge is -2.19. The van der Waals surface area contributed by atoms with Crippen LogP contribution >= 0.6 is 11.6 Å².